The van der Waals surface area contributed by atoms with Crippen LogP contribution in [0.5, 0.6) is 0 Å². The summed E-state index contributed by atoms with van der Waals surface area (Å²) in [5.41, 5.74) is 1.75. The average Bonchev–Trinajstić information content (AvgIpc) is 2.24. The fourth-order valence-corrected chi connectivity index (χ4v) is 1.76. The van der Waals surface area contributed by atoms with Crippen molar-refractivity contribution in [3.8, 4) is 0 Å². The molecule has 0 saturated carbocycles. The number of benzene rings is 1. The number of anilines is 1. The minimum absolute atomic E-state index is 0.0683. The Bertz CT molecular complexity index is 413. The van der Waals surface area contributed by atoms with E-state index in [0.29, 0.717) is 23.2 Å². The van der Waals surface area contributed by atoms with E-state index < -0.39 is 0 Å². The molecule has 0 aliphatic carbocycles. The van der Waals surface area contributed by atoms with Crippen LogP contribution in [0.1, 0.15) is 49.5 Å². The summed E-state index contributed by atoms with van der Waals surface area (Å²) in [6.07, 6.45) is 1.30. The zero-order chi connectivity index (χ0) is 13.0. The zero-order valence-corrected chi connectivity index (χ0v) is 10.9. The molecule has 1 rings (SSSR count). The van der Waals surface area contributed by atoms with E-state index in [1.54, 1.807) is 13.0 Å². The van der Waals surface area contributed by atoms with Gasteiger partial charge in [-0.2, -0.15) is 0 Å². The molecule has 2 nitrogen and oxygen atoms in total. The Labute approximate surface area is 102 Å². The van der Waals surface area contributed by atoms with Gasteiger partial charge >= 0.3 is 0 Å². The molecule has 0 heterocycles. The van der Waals surface area contributed by atoms with Crippen LogP contribution < -0.4 is 5.32 Å². The second kappa shape index (κ2) is 5.80. The summed E-state index contributed by atoms with van der Waals surface area (Å²) in [5.74, 6) is -0.208. The third-order valence-corrected chi connectivity index (χ3v) is 2.61. The zero-order valence-electron chi connectivity index (χ0n) is 10.9. The number of hydrogen-bond acceptors (Lipinski definition) is 2. The second-order valence-corrected chi connectivity index (χ2v) is 4.57. The smallest absolute Gasteiger partial charge is 0.164 e. The van der Waals surface area contributed by atoms with Crippen LogP contribution in [0.4, 0.5) is 10.1 Å². The lowest BCUT2D eigenvalue weighted by Gasteiger charge is -2.17. The highest BCUT2D eigenvalue weighted by molar-refractivity contribution is 6.01. The van der Waals surface area contributed by atoms with E-state index in [9.17, 15) is 9.18 Å². The predicted molar refractivity (Wildman–Crippen MR) is 69.1 cm³/mol. The van der Waals surface area contributed by atoms with Crippen molar-refractivity contribution in [2.45, 2.75) is 46.6 Å². The van der Waals surface area contributed by atoms with Crippen molar-refractivity contribution in [3.05, 3.63) is 29.1 Å². The normalized spacial score (nSPS) is 10.7. The summed E-state index contributed by atoms with van der Waals surface area (Å²) in [5, 5.41) is 3.16. The molecule has 0 aromatic heterocycles. The molecule has 94 valence electrons. The topological polar surface area (TPSA) is 29.1 Å². The molecule has 1 N–H and O–H groups in total. The van der Waals surface area contributed by atoms with Crippen LogP contribution in [0.2, 0.25) is 0 Å². The molecule has 0 aliphatic heterocycles. The van der Waals surface area contributed by atoms with E-state index in [0.717, 1.165) is 6.42 Å². The maximum Gasteiger partial charge on any atom is 0.164 e. The first kappa shape index (κ1) is 13.7. The van der Waals surface area contributed by atoms with Crippen molar-refractivity contribution in [1.82, 2.24) is 0 Å². The van der Waals surface area contributed by atoms with Crippen LogP contribution >= 0.6 is 0 Å². The van der Waals surface area contributed by atoms with Gasteiger partial charge in [0.15, 0.2) is 5.78 Å². The van der Waals surface area contributed by atoms with Crippen molar-refractivity contribution < 1.29 is 9.18 Å². The van der Waals surface area contributed by atoms with Crippen LogP contribution in [0.3, 0.4) is 0 Å². The molecular weight excluding hydrogens is 217 g/mol. The van der Waals surface area contributed by atoms with Gasteiger partial charge in [-0.05, 0) is 39.3 Å². The largest absolute Gasteiger partial charge is 0.382 e. The van der Waals surface area contributed by atoms with E-state index in [1.807, 2.05) is 20.8 Å². The molecule has 1 aromatic carbocycles. The number of halogens is 1. The molecule has 0 amide bonds. The van der Waals surface area contributed by atoms with E-state index >= 15 is 0 Å². The van der Waals surface area contributed by atoms with Crippen molar-refractivity contribution >= 4 is 11.5 Å². The fraction of sp³-hybridized carbons (Fsp3) is 0.500. The van der Waals surface area contributed by atoms with Crippen LogP contribution in [-0.4, -0.2) is 11.8 Å². The van der Waals surface area contributed by atoms with Crippen LogP contribution in [0.15, 0.2) is 12.1 Å². The Balaban J connectivity index is 3.19. The van der Waals surface area contributed by atoms with E-state index in [4.69, 9.17) is 0 Å². The van der Waals surface area contributed by atoms with Crippen LogP contribution in [0, 0.1) is 12.7 Å². The van der Waals surface area contributed by atoms with Crippen molar-refractivity contribution in [3.63, 3.8) is 0 Å². The first-order chi connectivity index (χ1) is 7.97. The van der Waals surface area contributed by atoms with Crippen LogP contribution in [-0.2, 0) is 0 Å². The monoisotopic (exact) mass is 237 g/mol. The first-order valence-electron chi connectivity index (χ1n) is 6.06. The Morgan fingerprint density at radius 3 is 2.59 bits per heavy atom. The Kier molecular flexibility index (Phi) is 4.67. The lowest BCUT2D eigenvalue weighted by Crippen LogP contribution is -2.15. The van der Waals surface area contributed by atoms with Gasteiger partial charge in [0.1, 0.15) is 5.82 Å². The van der Waals surface area contributed by atoms with Gasteiger partial charge in [0.25, 0.3) is 0 Å². The van der Waals surface area contributed by atoms with E-state index in [1.165, 1.54) is 6.07 Å². The van der Waals surface area contributed by atoms with E-state index in [-0.39, 0.29) is 17.6 Å². The molecule has 17 heavy (non-hydrogen) atoms. The lowest BCUT2D eigenvalue weighted by atomic mass is 10.0. The molecular formula is C14H20FNO. The number of hydrogen-bond donors (Lipinski definition) is 1. The summed E-state index contributed by atoms with van der Waals surface area (Å²) in [6, 6.07) is 3.11. The van der Waals surface area contributed by atoms with Gasteiger partial charge in [-0.1, -0.05) is 6.92 Å². The number of rotatable bonds is 5. The SMILES string of the molecule is CCCC(=O)c1ccc(F)c(C)c1NC(C)C. The van der Waals surface area contributed by atoms with Gasteiger partial charge in [-0.3, -0.25) is 4.79 Å². The Morgan fingerprint density at radius 1 is 1.41 bits per heavy atom. The number of nitrogens with one attached hydrogen (secondary N) is 1. The molecule has 0 aliphatic rings. The molecule has 1 aromatic rings. The highest BCUT2D eigenvalue weighted by atomic mass is 19.1. The molecule has 0 fully saturated rings. The maximum atomic E-state index is 13.5. The van der Waals surface area contributed by atoms with Gasteiger partial charge in [0.2, 0.25) is 0 Å². The van der Waals surface area contributed by atoms with Gasteiger partial charge in [0, 0.05) is 23.6 Å². The van der Waals surface area contributed by atoms with Crippen molar-refractivity contribution in [2.75, 3.05) is 5.32 Å². The van der Waals surface area contributed by atoms with Crippen LogP contribution in [0.25, 0.3) is 0 Å². The molecule has 0 bridgehead atoms. The maximum absolute atomic E-state index is 13.5. The van der Waals surface area contributed by atoms with Gasteiger partial charge in [0.05, 0.1) is 5.69 Å². The minimum Gasteiger partial charge on any atom is -0.382 e. The van der Waals surface area contributed by atoms with Gasteiger partial charge in [-0.25, -0.2) is 4.39 Å². The molecule has 0 unspecified atom stereocenters. The molecule has 3 heteroatoms. The predicted octanol–water partition coefficient (Wildman–Crippen LogP) is 3.94. The molecule has 0 radical (unpaired) electrons. The fourth-order valence-electron chi connectivity index (χ4n) is 1.76. The number of carbonyl (C=O) groups is 1. The minimum atomic E-state index is -0.277. The summed E-state index contributed by atoms with van der Waals surface area (Å²) in [4.78, 5) is 11.9. The number of ketones is 1. The summed E-state index contributed by atoms with van der Waals surface area (Å²) in [6.45, 7) is 7.60. The van der Waals surface area contributed by atoms with Crippen molar-refractivity contribution in [2.24, 2.45) is 0 Å². The van der Waals surface area contributed by atoms with Crippen molar-refractivity contribution in [1.29, 1.82) is 0 Å². The highest BCUT2D eigenvalue weighted by Crippen LogP contribution is 2.25. The summed E-state index contributed by atoms with van der Waals surface area (Å²) < 4.78 is 13.5. The highest BCUT2D eigenvalue weighted by Gasteiger charge is 2.15. The molecule has 0 atom stereocenters. The quantitative estimate of drug-likeness (QED) is 0.786. The van der Waals surface area contributed by atoms with Gasteiger partial charge in [-0.15, -0.1) is 0 Å². The average molecular weight is 237 g/mol. The standard InChI is InChI=1S/C14H20FNO/c1-5-6-13(17)11-7-8-12(15)10(4)14(11)16-9(2)3/h7-9,16H,5-6H2,1-4H3. The van der Waals surface area contributed by atoms with E-state index in [2.05, 4.69) is 5.32 Å². The summed E-state index contributed by atoms with van der Waals surface area (Å²) in [7, 11) is 0. The summed E-state index contributed by atoms with van der Waals surface area (Å²) >= 11 is 0. The number of Topliss-reactive ketones (excluding diaryl/α,β-unsaturated/α-hetero) is 1. The van der Waals surface area contributed by atoms with Gasteiger partial charge < -0.3 is 5.32 Å². The molecule has 0 saturated heterocycles. The lowest BCUT2D eigenvalue weighted by molar-refractivity contribution is 0.0982. The Hall–Kier alpha value is -1.38. The third-order valence-electron chi connectivity index (χ3n) is 2.61. The number of carbonyl (C=O) groups excluding carboxylic acids is 1. The molecule has 0 spiro atoms. The second-order valence-electron chi connectivity index (χ2n) is 4.57. The Morgan fingerprint density at radius 2 is 2.06 bits per heavy atom. The first-order valence-corrected chi connectivity index (χ1v) is 6.06. The third kappa shape index (κ3) is 3.29.